The minimum Gasteiger partial charge on any atom is -0.393 e. The summed E-state index contributed by atoms with van der Waals surface area (Å²) in [6, 6.07) is 0.904. The number of hydrogen-bond acceptors (Lipinski definition) is 2. The number of nitrogens with zero attached hydrogens (tertiary/aromatic N) is 1. The minimum atomic E-state index is -0.181. The van der Waals surface area contributed by atoms with Crippen molar-refractivity contribution >= 4 is 0 Å². The topological polar surface area (TPSA) is 40.5 Å². The molecule has 2 N–H and O–H groups in total. The molecule has 4 aliphatic carbocycles. The monoisotopic (exact) mass is 430 g/mol. The first-order chi connectivity index (χ1) is 14.7. The molecule has 31 heavy (non-hydrogen) atoms. The van der Waals surface area contributed by atoms with Gasteiger partial charge in [0, 0.05) is 24.2 Å². The molecular formula is C28H48NO2+. The summed E-state index contributed by atoms with van der Waals surface area (Å²) in [5, 5.41) is 21.6. The first-order valence-corrected chi connectivity index (χ1v) is 13.9. The third kappa shape index (κ3) is 3.01. The maximum Gasteiger partial charge on any atom is 0.0917 e. The van der Waals surface area contributed by atoms with E-state index in [1.54, 1.807) is 0 Å². The van der Waals surface area contributed by atoms with E-state index in [9.17, 15) is 10.2 Å². The van der Waals surface area contributed by atoms with Crippen LogP contribution in [0, 0.1) is 58.7 Å². The quantitative estimate of drug-likeness (QED) is 0.547. The predicted molar refractivity (Wildman–Crippen MR) is 124 cm³/mol. The molecule has 3 heteroatoms. The zero-order valence-electron chi connectivity index (χ0n) is 20.5. The van der Waals surface area contributed by atoms with E-state index in [0.29, 0.717) is 5.92 Å². The lowest BCUT2D eigenvalue weighted by Gasteiger charge is -2.60. The summed E-state index contributed by atoms with van der Waals surface area (Å²) in [5.41, 5.74) is 0.259. The van der Waals surface area contributed by atoms with Crippen molar-refractivity contribution in [1.82, 2.24) is 0 Å². The maximum atomic E-state index is 11.2. The Morgan fingerprint density at radius 1 is 0.742 bits per heavy atom. The van der Waals surface area contributed by atoms with Crippen LogP contribution in [0.4, 0.5) is 0 Å². The first-order valence-electron chi connectivity index (χ1n) is 13.9. The van der Waals surface area contributed by atoms with Gasteiger partial charge in [-0.05, 0) is 92.3 Å². The number of aliphatic hydroxyl groups excluding tert-OH is 2. The normalized spacial score (nSPS) is 63.3. The van der Waals surface area contributed by atoms with Crippen LogP contribution in [0.1, 0.15) is 78.6 Å². The van der Waals surface area contributed by atoms with Crippen LogP contribution in [0.5, 0.6) is 0 Å². The molecule has 4 saturated carbocycles. The lowest BCUT2D eigenvalue weighted by atomic mass is 9.51. The van der Waals surface area contributed by atoms with Crippen LogP contribution in [0.3, 0.4) is 0 Å². The lowest BCUT2D eigenvalue weighted by Crippen LogP contribution is -2.67. The summed E-state index contributed by atoms with van der Waals surface area (Å²) >= 11 is 0. The van der Waals surface area contributed by atoms with Crippen LogP contribution in [0.2, 0.25) is 0 Å². The third-order valence-corrected chi connectivity index (χ3v) is 12.7. The molecule has 0 bridgehead atoms. The molecule has 0 radical (unpaired) electrons. The number of fused-ring (bicyclic) bond motifs is 8. The van der Waals surface area contributed by atoms with Gasteiger partial charge in [-0.25, -0.2) is 0 Å². The fourth-order valence-electron chi connectivity index (χ4n) is 11.5. The van der Waals surface area contributed by atoms with E-state index in [1.165, 1.54) is 49.7 Å². The summed E-state index contributed by atoms with van der Waals surface area (Å²) in [6.07, 6.45) is 10.8. The molecule has 176 valence electrons. The van der Waals surface area contributed by atoms with Crippen LogP contribution >= 0.6 is 0 Å². The molecule has 0 aromatic rings. The molecule has 0 aromatic carbocycles. The average Bonchev–Trinajstić information content (AvgIpc) is 3.09. The molecule has 6 rings (SSSR count). The van der Waals surface area contributed by atoms with Gasteiger partial charge in [-0.15, -0.1) is 0 Å². The second-order valence-electron chi connectivity index (χ2n) is 14.0. The third-order valence-electron chi connectivity index (χ3n) is 12.7. The Bertz CT molecular complexity index is 711. The SMILES string of the molecule is C[C@@H]1CC[C@H]2[C@H](C)[C@H]3CC[C@@H]4[C@@H](C[C@H]5[C@H]4C[C@H](O)[C@H]4C[C@H](O)CC[C@@]45C)[C@@H]3C[N+]2(C)C1. The van der Waals surface area contributed by atoms with Crippen molar-refractivity contribution in [3.63, 3.8) is 0 Å². The smallest absolute Gasteiger partial charge is 0.0917 e. The van der Waals surface area contributed by atoms with Crippen LogP contribution in [0.15, 0.2) is 0 Å². The Morgan fingerprint density at radius 3 is 2.32 bits per heavy atom. The van der Waals surface area contributed by atoms with Gasteiger partial charge in [0.2, 0.25) is 0 Å². The van der Waals surface area contributed by atoms with Gasteiger partial charge in [0.1, 0.15) is 0 Å². The van der Waals surface area contributed by atoms with Gasteiger partial charge in [0.05, 0.1) is 38.4 Å². The van der Waals surface area contributed by atoms with Gasteiger partial charge in [-0.2, -0.15) is 0 Å². The van der Waals surface area contributed by atoms with Crippen molar-refractivity contribution in [2.45, 2.75) is 96.8 Å². The summed E-state index contributed by atoms with van der Waals surface area (Å²) < 4.78 is 1.36. The highest BCUT2D eigenvalue weighted by Gasteiger charge is 2.64. The second kappa shape index (κ2) is 7.19. The number of aliphatic hydroxyl groups is 2. The molecule has 6 aliphatic rings. The molecule has 6 fully saturated rings. The molecular weight excluding hydrogens is 382 g/mol. The van der Waals surface area contributed by atoms with Crippen LogP contribution in [-0.2, 0) is 0 Å². The second-order valence-corrected chi connectivity index (χ2v) is 14.0. The summed E-state index contributed by atoms with van der Waals surface area (Å²) in [5.74, 6) is 7.28. The Balaban J connectivity index is 1.30. The summed E-state index contributed by atoms with van der Waals surface area (Å²) in [4.78, 5) is 0. The van der Waals surface area contributed by atoms with Gasteiger partial charge in [0.15, 0.2) is 0 Å². The van der Waals surface area contributed by atoms with E-state index in [-0.39, 0.29) is 17.6 Å². The molecule has 3 nitrogen and oxygen atoms in total. The maximum absolute atomic E-state index is 11.2. The highest BCUT2D eigenvalue weighted by atomic mass is 16.3. The zero-order valence-corrected chi connectivity index (χ0v) is 20.5. The van der Waals surface area contributed by atoms with Gasteiger partial charge in [-0.1, -0.05) is 20.8 Å². The Labute approximate surface area is 190 Å². The van der Waals surface area contributed by atoms with E-state index in [4.69, 9.17) is 0 Å². The van der Waals surface area contributed by atoms with Crippen molar-refractivity contribution in [3.8, 4) is 0 Å². The first kappa shape index (κ1) is 21.4. The van der Waals surface area contributed by atoms with Crippen LogP contribution < -0.4 is 0 Å². The van der Waals surface area contributed by atoms with Gasteiger partial charge >= 0.3 is 0 Å². The molecule has 2 heterocycles. The number of rotatable bonds is 0. The predicted octanol–water partition coefficient (Wildman–Crippen LogP) is 4.71. The molecule has 0 spiro atoms. The van der Waals surface area contributed by atoms with Gasteiger partial charge in [0.25, 0.3) is 0 Å². The molecule has 2 saturated heterocycles. The number of piperidine rings is 2. The van der Waals surface area contributed by atoms with Gasteiger partial charge < -0.3 is 14.7 Å². The van der Waals surface area contributed by atoms with Crippen LogP contribution in [0.25, 0.3) is 0 Å². The van der Waals surface area contributed by atoms with Crippen LogP contribution in [-0.4, -0.2) is 53.1 Å². The van der Waals surface area contributed by atoms with E-state index >= 15 is 0 Å². The average molecular weight is 431 g/mol. The number of quaternary nitrogens is 1. The van der Waals surface area contributed by atoms with Crippen molar-refractivity contribution in [2.24, 2.45) is 58.7 Å². The highest BCUT2D eigenvalue weighted by Crippen LogP contribution is 2.67. The Morgan fingerprint density at radius 2 is 1.52 bits per heavy atom. The van der Waals surface area contributed by atoms with E-state index < -0.39 is 0 Å². The standard InChI is InChI=1S/C28H48NO2/c1-16-5-8-26-17(2)19-6-7-20-21(23(19)15-29(26,4)14-16)12-24-22(20)13-27(31)25-11-18(30)9-10-28(24,25)3/h16-27,30-31H,5-15H2,1-4H3/q+1/t16-,17-,18-,19-,20-,21-,22+,23-,24+,25-,26+,27+,28-,29?/m1/s1. The van der Waals surface area contributed by atoms with E-state index in [1.807, 2.05) is 0 Å². The lowest BCUT2D eigenvalue weighted by molar-refractivity contribution is -0.955. The fourth-order valence-corrected chi connectivity index (χ4v) is 11.5. The van der Waals surface area contributed by atoms with Crippen molar-refractivity contribution in [3.05, 3.63) is 0 Å². The van der Waals surface area contributed by atoms with Crippen molar-refractivity contribution in [2.75, 3.05) is 20.1 Å². The fraction of sp³-hybridized carbons (Fsp3) is 1.00. The molecule has 14 atom stereocenters. The van der Waals surface area contributed by atoms with Crippen molar-refractivity contribution in [1.29, 1.82) is 0 Å². The summed E-state index contributed by atoms with van der Waals surface area (Å²) in [6.45, 7) is 10.5. The van der Waals surface area contributed by atoms with E-state index in [0.717, 1.165) is 79.1 Å². The zero-order chi connectivity index (χ0) is 21.7. The molecule has 0 aromatic heterocycles. The minimum absolute atomic E-state index is 0.181. The Kier molecular flexibility index (Phi) is 4.97. The van der Waals surface area contributed by atoms with Crippen molar-refractivity contribution < 1.29 is 14.7 Å². The largest absolute Gasteiger partial charge is 0.393 e. The molecule has 1 unspecified atom stereocenters. The summed E-state index contributed by atoms with van der Waals surface area (Å²) in [7, 11) is 2.61. The Hall–Kier alpha value is -0.120. The molecule has 0 amide bonds. The van der Waals surface area contributed by atoms with Gasteiger partial charge in [-0.3, -0.25) is 0 Å². The molecule has 2 aliphatic heterocycles. The van der Waals surface area contributed by atoms with E-state index in [2.05, 4.69) is 27.8 Å². The highest BCUT2D eigenvalue weighted by molar-refractivity contribution is 5.11. The number of hydrogen-bond donors (Lipinski definition) is 2.